The molecule has 0 aliphatic heterocycles. The number of rotatable bonds is 9. The van der Waals surface area contributed by atoms with Crippen LogP contribution in [-0.2, 0) is 9.53 Å². The Balaban J connectivity index is 2.19. The highest BCUT2D eigenvalue weighted by Gasteiger charge is 2.07. The van der Waals surface area contributed by atoms with Gasteiger partial charge in [-0.2, -0.15) is 0 Å². The Morgan fingerprint density at radius 1 is 1.40 bits per heavy atom. The van der Waals surface area contributed by atoms with Crippen LogP contribution in [0, 0.1) is 6.92 Å². The van der Waals surface area contributed by atoms with E-state index in [1.165, 1.54) is 0 Å². The molecule has 5 nitrogen and oxygen atoms in total. The van der Waals surface area contributed by atoms with E-state index >= 15 is 0 Å². The fourth-order valence-electron chi connectivity index (χ4n) is 1.67. The lowest BCUT2D eigenvalue weighted by Crippen LogP contribution is -2.42. The molecule has 0 aliphatic rings. The molecule has 0 saturated carbocycles. The fraction of sp³-hybridized carbons (Fsp3) is 0.533. The number of aryl methyl sites for hydroxylation is 1. The molecule has 0 fully saturated rings. The van der Waals surface area contributed by atoms with Gasteiger partial charge in [0.05, 0.1) is 19.2 Å². The van der Waals surface area contributed by atoms with Crippen molar-refractivity contribution in [3.63, 3.8) is 0 Å². The minimum absolute atomic E-state index is 0.0350. The van der Waals surface area contributed by atoms with Crippen molar-refractivity contribution >= 4 is 5.91 Å². The number of hydrogen-bond donors (Lipinski definition) is 2. The number of amides is 1. The van der Waals surface area contributed by atoms with Gasteiger partial charge in [0.2, 0.25) is 5.91 Å². The van der Waals surface area contributed by atoms with E-state index in [1.807, 2.05) is 38.1 Å². The predicted molar refractivity (Wildman–Crippen MR) is 79.0 cm³/mol. The van der Waals surface area contributed by atoms with Gasteiger partial charge in [-0.1, -0.05) is 12.1 Å². The minimum atomic E-state index is -0.0403. The van der Waals surface area contributed by atoms with Crippen LogP contribution in [0.4, 0.5) is 0 Å². The van der Waals surface area contributed by atoms with Crippen LogP contribution in [0.1, 0.15) is 12.5 Å². The smallest absolute Gasteiger partial charge is 0.234 e. The summed E-state index contributed by atoms with van der Waals surface area (Å²) in [4.78, 5) is 11.6. The molecule has 1 rings (SSSR count). The SMILES string of the molecule is COCCNCC(=O)NC(C)COc1cccc(C)c1. The van der Waals surface area contributed by atoms with Gasteiger partial charge in [-0.05, 0) is 31.5 Å². The first kappa shape index (κ1) is 16.5. The highest BCUT2D eigenvalue weighted by molar-refractivity contribution is 5.78. The zero-order valence-corrected chi connectivity index (χ0v) is 12.4. The van der Waals surface area contributed by atoms with Crippen LogP contribution in [0.15, 0.2) is 24.3 Å². The van der Waals surface area contributed by atoms with E-state index in [4.69, 9.17) is 9.47 Å². The van der Waals surface area contributed by atoms with Gasteiger partial charge in [0.1, 0.15) is 12.4 Å². The summed E-state index contributed by atoms with van der Waals surface area (Å²) >= 11 is 0. The van der Waals surface area contributed by atoms with Gasteiger partial charge in [0.15, 0.2) is 0 Å². The quantitative estimate of drug-likeness (QED) is 0.665. The molecule has 0 aromatic heterocycles. The fourth-order valence-corrected chi connectivity index (χ4v) is 1.67. The van der Waals surface area contributed by atoms with Gasteiger partial charge in [-0.25, -0.2) is 0 Å². The maximum absolute atomic E-state index is 11.6. The Hall–Kier alpha value is -1.59. The van der Waals surface area contributed by atoms with Gasteiger partial charge in [-0.15, -0.1) is 0 Å². The van der Waals surface area contributed by atoms with Crippen molar-refractivity contribution in [1.82, 2.24) is 10.6 Å². The number of carbonyl (C=O) groups is 1. The van der Waals surface area contributed by atoms with E-state index in [0.717, 1.165) is 11.3 Å². The minimum Gasteiger partial charge on any atom is -0.491 e. The molecule has 1 aromatic rings. The lowest BCUT2D eigenvalue weighted by molar-refractivity contribution is -0.121. The molecule has 0 aliphatic carbocycles. The van der Waals surface area contributed by atoms with Gasteiger partial charge in [-0.3, -0.25) is 4.79 Å². The van der Waals surface area contributed by atoms with E-state index in [0.29, 0.717) is 19.8 Å². The van der Waals surface area contributed by atoms with E-state index in [9.17, 15) is 4.79 Å². The van der Waals surface area contributed by atoms with E-state index in [-0.39, 0.29) is 18.5 Å². The summed E-state index contributed by atoms with van der Waals surface area (Å²) in [7, 11) is 1.63. The summed E-state index contributed by atoms with van der Waals surface area (Å²) in [6.07, 6.45) is 0. The van der Waals surface area contributed by atoms with Crippen molar-refractivity contribution in [1.29, 1.82) is 0 Å². The second kappa shape index (κ2) is 9.34. The molecule has 20 heavy (non-hydrogen) atoms. The number of hydrogen-bond acceptors (Lipinski definition) is 4. The number of nitrogens with one attached hydrogen (secondary N) is 2. The average molecular weight is 280 g/mol. The standard InChI is InChI=1S/C15H24N2O3/c1-12-5-4-6-14(9-12)20-11-13(2)17-15(18)10-16-7-8-19-3/h4-6,9,13,16H,7-8,10-11H2,1-3H3,(H,17,18). The second-order valence-corrected chi connectivity index (χ2v) is 4.77. The first-order chi connectivity index (χ1) is 9.61. The summed E-state index contributed by atoms with van der Waals surface area (Å²) in [6, 6.07) is 7.82. The third kappa shape index (κ3) is 7.11. The molecule has 1 amide bonds. The van der Waals surface area contributed by atoms with E-state index < -0.39 is 0 Å². The van der Waals surface area contributed by atoms with Crippen LogP contribution in [0.3, 0.4) is 0 Å². The molecule has 0 bridgehead atoms. The van der Waals surface area contributed by atoms with Gasteiger partial charge < -0.3 is 20.1 Å². The van der Waals surface area contributed by atoms with E-state index in [2.05, 4.69) is 10.6 Å². The maximum atomic E-state index is 11.6. The Morgan fingerprint density at radius 2 is 2.20 bits per heavy atom. The monoisotopic (exact) mass is 280 g/mol. The van der Waals surface area contributed by atoms with Crippen molar-refractivity contribution in [2.45, 2.75) is 19.9 Å². The topological polar surface area (TPSA) is 59.6 Å². The van der Waals surface area contributed by atoms with Crippen molar-refractivity contribution < 1.29 is 14.3 Å². The van der Waals surface area contributed by atoms with Crippen molar-refractivity contribution in [3.05, 3.63) is 29.8 Å². The molecule has 5 heteroatoms. The molecule has 0 heterocycles. The molecule has 1 unspecified atom stereocenters. The lowest BCUT2D eigenvalue weighted by atomic mass is 10.2. The first-order valence-corrected chi connectivity index (χ1v) is 6.80. The highest BCUT2D eigenvalue weighted by atomic mass is 16.5. The van der Waals surface area contributed by atoms with Crippen LogP contribution in [0.2, 0.25) is 0 Å². The number of carbonyl (C=O) groups excluding carboxylic acids is 1. The Kier molecular flexibility index (Phi) is 7.69. The Labute approximate surface area is 120 Å². The van der Waals surface area contributed by atoms with Crippen LogP contribution in [-0.4, -0.2) is 45.4 Å². The van der Waals surface area contributed by atoms with Crippen molar-refractivity contribution in [2.75, 3.05) is 33.4 Å². The van der Waals surface area contributed by atoms with Gasteiger partial charge in [0.25, 0.3) is 0 Å². The molecular formula is C15H24N2O3. The molecular weight excluding hydrogens is 256 g/mol. The second-order valence-electron chi connectivity index (χ2n) is 4.77. The van der Waals surface area contributed by atoms with Gasteiger partial charge >= 0.3 is 0 Å². The summed E-state index contributed by atoms with van der Waals surface area (Å²) in [5.74, 6) is 0.783. The molecule has 0 saturated heterocycles. The first-order valence-electron chi connectivity index (χ1n) is 6.80. The van der Waals surface area contributed by atoms with Crippen LogP contribution in [0.5, 0.6) is 5.75 Å². The average Bonchev–Trinajstić information content (AvgIpc) is 2.41. The summed E-state index contributed by atoms with van der Waals surface area (Å²) in [5.41, 5.74) is 1.15. The molecule has 0 radical (unpaired) electrons. The third-order valence-electron chi connectivity index (χ3n) is 2.67. The van der Waals surface area contributed by atoms with Gasteiger partial charge in [0, 0.05) is 13.7 Å². The van der Waals surface area contributed by atoms with Crippen LogP contribution >= 0.6 is 0 Å². The highest BCUT2D eigenvalue weighted by Crippen LogP contribution is 2.12. The van der Waals surface area contributed by atoms with Crippen molar-refractivity contribution in [2.24, 2.45) is 0 Å². The molecule has 1 atom stereocenters. The van der Waals surface area contributed by atoms with Crippen molar-refractivity contribution in [3.8, 4) is 5.75 Å². The molecule has 1 aromatic carbocycles. The lowest BCUT2D eigenvalue weighted by Gasteiger charge is -2.15. The van der Waals surface area contributed by atoms with Crippen LogP contribution < -0.4 is 15.4 Å². The zero-order chi connectivity index (χ0) is 14.8. The number of methoxy groups -OCH3 is 1. The summed E-state index contributed by atoms with van der Waals surface area (Å²) in [5, 5.41) is 5.87. The summed E-state index contributed by atoms with van der Waals surface area (Å²) in [6.45, 7) is 5.94. The molecule has 112 valence electrons. The van der Waals surface area contributed by atoms with E-state index in [1.54, 1.807) is 7.11 Å². The Bertz CT molecular complexity index is 410. The summed E-state index contributed by atoms with van der Waals surface area (Å²) < 4.78 is 10.5. The maximum Gasteiger partial charge on any atom is 0.234 e. The Morgan fingerprint density at radius 3 is 2.90 bits per heavy atom. The predicted octanol–water partition coefficient (Wildman–Crippen LogP) is 1.11. The number of ether oxygens (including phenoxy) is 2. The molecule has 0 spiro atoms. The molecule has 2 N–H and O–H groups in total. The number of benzene rings is 1. The third-order valence-corrected chi connectivity index (χ3v) is 2.67. The zero-order valence-electron chi connectivity index (χ0n) is 12.4. The normalized spacial score (nSPS) is 11.9. The largest absolute Gasteiger partial charge is 0.491 e. The van der Waals surface area contributed by atoms with Crippen LogP contribution in [0.25, 0.3) is 0 Å².